The molecule has 1 heterocycles. The predicted molar refractivity (Wildman–Crippen MR) is 65.2 cm³/mol. The van der Waals surface area contributed by atoms with Crippen LogP contribution in [0.1, 0.15) is 37.0 Å². The van der Waals surface area contributed by atoms with Crippen molar-refractivity contribution in [3.8, 4) is 0 Å². The molecule has 5 nitrogen and oxygen atoms in total. The van der Waals surface area contributed by atoms with Crippen molar-refractivity contribution in [1.82, 2.24) is 4.98 Å². The summed E-state index contributed by atoms with van der Waals surface area (Å²) in [5.41, 5.74) is -0.593. The van der Waals surface area contributed by atoms with Crippen molar-refractivity contribution >= 4 is 11.8 Å². The normalized spacial score (nSPS) is 11.2. The lowest BCUT2D eigenvalue weighted by molar-refractivity contribution is 0.0456. The molecule has 0 atom stereocenters. The van der Waals surface area contributed by atoms with E-state index in [1.54, 1.807) is 6.07 Å². The summed E-state index contributed by atoms with van der Waals surface area (Å²) in [7, 11) is 0. The number of hydrogen-bond acceptors (Lipinski definition) is 4. The van der Waals surface area contributed by atoms with Gasteiger partial charge in [-0.15, -0.1) is 0 Å². The summed E-state index contributed by atoms with van der Waals surface area (Å²) in [4.78, 5) is 14.6. The van der Waals surface area contributed by atoms with E-state index in [4.69, 9.17) is 5.11 Å². The van der Waals surface area contributed by atoms with Crippen LogP contribution in [0, 0.1) is 0 Å². The fourth-order valence-corrected chi connectivity index (χ4v) is 1.38. The summed E-state index contributed by atoms with van der Waals surface area (Å²) < 4.78 is 0. The number of pyridine rings is 1. The number of aliphatic hydroxyl groups is 1. The number of carboxylic acids is 1. The second-order valence-electron chi connectivity index (χ2n) is 4.02. The van der Waals surface area contributed by atoms with E-state index < -0.39 is 11.6 Å². The highest BCUT2D eigenvalue weighted by Gasteiger charge is 2.21. The summed E-state index contributed by atoms with van der Waals surface area (Å²) >= 11 is 0. The molecule has 0 unspecified atom stereocenters. The van der Waals surface area contributed by atoms with Gasteiger partial charge in [-0.25, -0.2) is 9.78 Å². The quantitative estimate of drug-likeness (QED) is 0.703. The van der Waals surface area contributed by atoms with E-state index in [-0.39, 0.29) is 5.56 Å². The topological polar surface area (TPSA) is 82.5 Å². The molecule has 5 heteroatoms. The van der Waals surface area contributed by atoms with Crippen molar-refractivity contribution in [3.63, 3.8) is 0 Å². The third kappa shape index (κ3) is 3.71. The molecule has 0 radical (unpaired) electrons. The Labute approximate surface area is 101 Å². The fraction of sp³-hybridized carbons (Fsp3) is 0.500. The van der Waals surface area contributed by atoms with Crippen molar-refractivity contribution in [3.05, 3.63) is 23.9 Å². The second kappa shape index (κ2) is 5.63. The molecule has 94 valence electrons. The van der Waals surface area contributed by atoms with Crippen LogP contribution < -0.4 is 5.32 Å². The summed E-state index contributed by atoms with van der Waals surface area (Å²) in [6, 6.07) is 3.07. The van der Waals surface area contributed by atoms with E-state index in [1.165, 1.54) is 12.3 Å². The molecular weight excluding hydrogens is 220 g/mol. The van der Waals surface area contributed by atoms with Crippen molar-refractivity contribution in [2.45, 2.75) is 32.3 Å². The molecule has 0 aliphatic heterocycles. The van der Waals surface area contributed by atoms with Gasteiger partial charge in [-0.3, -0.25) is 0 Å². The number of hydrogen-bond donors (Lipinski definition) is 3. The van der Waals surface area contributed by atoms with Crippen LogP contribution in [0.4, 0.5) is 5.82 Å². The maximum Gasteiger partial charge on any atom is 0.337 e. The summed E-state index contributed by atoms with van der Waals surface area (Å²) in [5, 5.41) is 21.8. The molecular formula is C12H18N2O3. The number of rotatable bonds is 6. The summed E-state index contributed by atoms with van der Waals surface area (Å²) in [6.45, 7) is 4.25. The molecule has 0 saturated carbocycles. The van der Waals surface area contributed by atoms with Gasteiger partial charge in [0.1, 0.15) is 5.82 Å². The molecule has 1 rings (SSSR count). The van der Waals surface area contributed by atoms with Crippen LogP contribution in [0.2, 0.25) is 0 Å². The van der Waals surface area contributed by atoms with Crippen LogP contribution in [-0.2, 0) is 0 Å². The zero-order valence-corrected chi connectivity index (χ0v) is 10.1. The highest BCUT2D eigenvalue weighted by Crippen LogP contribution is 2.15. The lowest BCUT2D eigenvalue weighted by Crippen LogP contribution is -2.35. The molecule has 0 aliphatic rings. The maximum atomic E-state index is 10.6. The number of nitrogens with zero attached hydrogens (tertiary/aromatic N) is 1. The number of aromatic carboxylic acids is 1. The molecule has 3 N–H and O–H groups in total. The van der Waals surface area contributed by atoms with Gasteiger partial charge in [-0.2, -0.15) is 0 Å². The van der Waals surface area contributed by atoms with Crippen molar-refractivity contribution in [1.29, 1.82) is 0 Å². The average molecular weight is 238 g/mol. The fourth-order valence-electron chi connectivity index (χ4n) is 1.38. The minimum atomic E-state index is -0.998. The van der Waals surface area contributed by atoms with Gasteiger partial charge in [-0.05, 0) is 25.0 Å². The SMILES string of the molecule is CCC(O)(CC)CNc1ccc(C(=O)O)cn1. The van der Waals surface area contributed by atoms with Gasteiger partial charge in [0.15, 0.2) is 0 Å². The zero-order valence-electron chi connectivity index (χ0n) is 10.1. The van der Waals surface area contributed by atoms with Crippen LogP contribution in [0.5, 0.6) is 0 Å². The lowest BCUT2D eigenvalue weighted by Gasteiger charge is -2.25. The largest absolute Gasteiger partial charge is 0.478 e. The number of anilines is 1. The van der Waals surface area contributed by atoms with Crippen molar-refractivity contribution in [2.75, 3.05) is 11.9 Å². The molecule has 17 heavy (non-hydrogen) atoms. The molecule has 0 spiro atoms. The third-order valence-electron chi connectivity index (χ3n) is 2.93. The Morgan fingerprint density at radius 3 is 2.47 bits per heavy atom. The van der Waals surface area contributed by atoms with Crippen molar-refractivity contribution in [2.24, 2.45) is 0 Å². The minimum Gasteiger partial charge on any atom is -0.478 e. The summed E-state index contributed by atoms with van der Waals surface area (Å²) in [6.07, 6.45) is 2.61. The molecule has 0 aromatic carbocycles. The van der Waals surface area contributed by atoms with Gasteiger partial charge >= 0.3 is 5.97 Å². The van der Waals surface area contributed by atoms with Gasteiger partial charge in [0.05, 0.1) is 11.2 Å². The van der Waals surface area contributed by atoms with E-state index in [0.717, 1.165) is 0 Å². The Balaban J connectivity index is 2.61. The molecule has 0 amide bonds. The molecule has 1 aromatic heterocycles. The van der Waals surface area contributed by atoms with Crippen LogP contribution in [0.3, 0.4) is 0 Å². The Morgan fingerprint density at radius 1 is 1.41 bits per heavy atom. The molecule has 0 saturated heterocycles. The lowest BCUT2D eigenvalue weighted by atomic mass is 9.98. The first-order valence-corrected chi connectivity index (χ1v) is 5.66. The maximum absolute atomic E-state index is 10.6. The number of nitrogens with one attached hydrogen (secondary N) is 1. The van der Waals surface area contributed by atoms with E-state index in [0.29, 0.717) is 25.2 Å². The van der Waals surface area contributed by atoms with Crippen LogP contribution in [0.25, 0.3) is 0 Å². The van der Waals surface area contributed by atoms with E-state index >= 15 is 0 Å². The van der Waals surface area contributed by atoms with E-state index in [1.807, 2.05) is 13.8 Å². The Morgan fingerprint density at radius 2 is 2.06 bits per heavy atom. The average Bonchev–Trinajstić information content (AvgIpc) is 2.36. The van der Waals surface area contributed by atoms with Gasteiger partial charge in [0, 0.05) is 12.7 Å². The Bertz CT molecular complexity index is 372. The van der Waals surface area contributed by atoms with Crippen LogP contribution in [-0.4, -0.2) is 33.3 Å². The van der Waals surface area contributed by atoms with E-state index in [9.17, 15) is 9.90 Å². The van der Waals surface area contributed by atoms with E-state index in [2.05, 4.69) is 10.3 Å². The van der Waals surface area contributed by atoms with Gasteiger partial charge in [-0.1, -0.05) is 13.8 Å². The summed E-state index contributed by atoms with van der Waals surface area (Å²) in [5.74, 6) is -0.432. The third-order valence-corrected chi connectivity index (χ3v) is 2.93. The standard InChI is InChI=1S/C12H18N2O3/c1-3-12(17,4-2)8-14-10-6-5-9(7-13-10)11(15)16/h5-7,17H,3-4,8H2,1-2H3,(H,13,14)(H,15,16). The Hall–Kier alpha value is -1.62. The molecule has 0 bridgehead atoms. The van der Waals surface area contributed by atoms with Gasteiger partial charge in [0.2, 0.25) is 0 Å². The zero-order chi connectivity index (χ0) is 12.9. The Kier molecular flexibility index (Phi) is 4.45. The van der Waals surface area contributed by atoms with Gasteiger partial charge in [0.25, 0.3) is 0 Å². The van der Waals surface area contributed by atoms with Crippen LogP contribution in [0.15, 0.2) is 18.3 Å². The monoisotopic (exact) mass is 238 g/mol. The first kappa shape index (κ1) is 13.4. The smallest absolute Gasteiger partial charge is 0.337 e. The number of carbonyl (C=O) groups is 1. The van der Waals surface area contributed by atoms with Crippen molar-refractivity contribution < 1.29 is 15.0 Å². The first-order valence-electron chi connectivity index (χ1n) is 5.66. The first-order chi connectivity index (χ1) is 8.00. The number of aromatic nitrogens is 1. The second-order valence-corrected chi connectivity index (χ2v) is 4.02. The molecule has 0 aliphatic carbocycles. The highest BCUT2D eigenvalue weighted by atomic mass is 16.4. The number of carboxylic acid groups (broad SMARTS) is 1. The molecule has 0 fully saturated rings. The van der Waals surface area contributed by atoms with Gasteiger partial charge < -0.3 is 15.5 Å². The predicted octanol–water partition coefficient (Wildman–Crippen LogP) is 1.74. The highest BCUT2D eigenvalue weighted by molar-refractivity contribution is 5.87. The van der Waals surface area contributed by atoms with Crippen LogP contribution >= 0.6 is 0 Å². The molecule has 1 aromatic rings. The minimum absolute atomic E-state index is 0.150.